The van der Waals surface area contributed by atoms with Crippen LogP contribution in [0, 0.1) is 5.41 Å². The second-order valence-corrected chi connectivity index (χ2v) is 10.4. The van der Waals surface area contributed by atoms with Crippen molar-refractivity contribution in [2.45, 2.75) is 50.4 Å². The number of hydrogen-bond donors (Lipinski definition) is 6. The highest BCUT2D eigenvalue weighted by Gasteiger charge is 2.54. The van der Waals surface area contributed by atoms with Crippen molar-refractivity contribution in [2.75, 3.05) is 12.3 Å². The number of nitrogens with two attached hydrogens (primary N) is 2. The van der Waals surface area contributed by atoms with Crippen LogP contribution in [-0.2, 0) is 24.0 Å². The fourth-order valence-electron chi connectivity index (χ4n) is 4.40. The minimum atomic E-state index is -1.79. The Balaban J connectivity index is 1.55. The van der Waals surface area contributed by atoms with Gasteiger partial charge in [0.25, 0.3) is 11.8 Å². The number of allylic oxidation sites excluding steroid dienone is 2. The fraction of sp³-hybridized carbons (Fsp3) is 0.391. The Bertz CT molecular complexity index is 1400. The zero-order valence-electron chi connectivity index (χ0n) is 21.4. The van der Waals surface area contributed by atoms with Crippen LogP contribution in [0.2, 0.25) is 0 Å². The second kappa shape index (κ2) is 10.8. The third-order valence-corrected chi connectivity index (χ3v) is 7.05. The Labute approximate surface area is 231 Å². The summed E-state index contributed by atoms with van der Waals surface area (Å²) in [6.07, 6.45) is 7.52. The molecule has 17 heteroatoms. The zero-order chi connectivity index (χ0) is 29.4. The summed E-state index contributed by atoms with van der Waals surface area (Å²) in [4.78, 5) is 61.8. The molecule has 0 saturated carbocycles. The normalized spacial score (nSPS) is 22.5. The number of hydrogen-bond acceptors (Lipinski definition) is 12. The quantitative estimate of drug-likeness (QED) is 0.0873. The number of aromatic nitrogens is 2. The van der Waals surface area contributed by atoms with Crippen molar-refractivity contribution >= 4 is 52.0 Å². The van der Waals surface area contributed by atoms with E-state index in [1.165, 1.54) is 13.8 Å². The van der Waals surface area contributed by atoms with Crippen LogP contribution in [0.1, 0.15) is 32.5 Å². The number of β-lactam (4-membered cyclic amide) rings is 1. The number of oxime groups is 1. The lowest BCUT2D eigenvalue weighted by molar-refractivity contribution is -0.161. The monoisotopic (exact) mass is 573 g/mol. The van der Waals surface area contributed by atoms with Crippen LogP contribution < -0.4 is 16.8 Å². The van der Waals surface area contributed by atoms with Crippen molar-refractivity contribution in [3.8, 4) is 0 Å². The third-order valence-electron chi connectivity index (χ3n) is 6.51. The number of fused-ring (bicyclic) bond motifs is 1. The van der Waals surface area contributed by atoms with Crippen LogP contribution in [0.3, 0.4) is 0 Å². The average Bonchev–Trinajstić information content (AvgIpc) is 3.32. The van der Waals surface area contributed by atoms with E-state index in [1.54, 1.807) is 29.3 Å². The summed E-state index contributed by atoms with van der Waals surface area (Å²) in [5, 5.41) is 33.3. The number of carbonyl (C=O) groups is 4. The summed E-state index contributed by atoms with van der Waals surface area (Å²) < 4.78 is 3.92. The number of nitrogens with zero attached hydrogens (tertiary/aromatic N) is 5. The lowest BCUT2D eigenvalue weighted by Crippen LogP contribution is -2.72. The van der Waals surface area contributed by atoms with Crippen molar-refractivity contribution in [3.05, 3.63) is 41.5 Å². The number of anilines is 1. The maximum Gasteiger partial charge on any atom is 0.352 e. The van der Waals surface area contributed by atoms with E-state index in [9.17, 15) is 29.4 Å². The van der Waals surface area contributed by atoms with Crippen LogP contribution in [0.4, 0.5) is 5.13 Å². The minimum Gasteiger partial charge on any atom is -0.478 e. The summed E-state index contributed by atoms with van der Waals surface area (Å²) in [5.41, 5.74) is 9.29. The Morgan fingerprint density at radius 3 is 2.65 bits per heavy atom. The van der Waals surface area contributed by atoms with Crippen molar-refractivity contribution in [1.82, 2.24) is 24.5 Å². The lowest BCUT2D eigenvalue weighted by Gasteiger charge is -2.50. The van der Waals surface area contributed by atoms with Gasteiger partial charge in [0.1, 0.15) is 23.6 Å². The number of amides is 2. The minimum absolute atomic E-state index is 0.0148. The summed E-state index contributed by atoms with van der Waals surface area (Å²) in [6, 6.07) is -2.29. The SMILES string of the molecule is CC(C)(O/N=C(\C(=O)N[C@@H]1C(=O)N2C(C(=O)O)=C(CN3C=CC=CC3C(=N)N)CCC12)c1nsc(N)n1)C(=O)O. The first-order valence-corrected chi connectivity index (χ1v) is 12.7. The fourth-order valence-corrected chi connectivity index (χ4v) is 4.84. The molecule has 8 N–H and O–H groups in total. The van der Waals surface area contributed by atoms with Crippen molar-refractivity contribution in [3.63, 3.8) is 0 Å². The molecule has 2 unspecified atom stereocenters. The Kier molecular flexibility index (Phi) is 7.59. The predicted molar refractivity (Wildman–Crippen MR) is 141 cm³/mol. The van der Waals surface area contributed by atoms with Crippen LogP contribution in [-0.4, -0.2) is 94.9 Å². The van der Waals surface area contributed by atoms with E-state index >= 15 is 0 Å². The number of nitrogen functional groups attached to an aromatic ring is 1. The maximum atomic E-state index is 13.2. The van der Waals surface area contributed by atoms with E-state index in [0.29, 0.717) is 18.4 Å². The van der Waals surface area contributed by atoms with E-state index in [0.717, 1.165) is 16.4 Å². The van der Waals surface area contributed by atoms with Crippen LogP contribution in [0.15, 0.2) is 40.9 Å². The number of nitrogens with one attached hydrogen (secondary N) is 2. The molecule has 0 aliphatic carbocycles. The van der Waals surface area contributed by atoms with Crippen LogP contribution >= 0.6 is 11.5 Å². The van der Waals surface area contributed by atoms with Gasteiger partial charge in [-0.3, -0.25) is 19.9 Å². The van der Waals surface area contributed by atoms with Crippen molar-refractivity contribution in [2.24, 2.45) is 10.9 Å². The molecule has 3 atom stereocenters. The van der Waals surface area contributed by atoms with Gasteiger partial charge in [-0.2, -0.15) is 9.36 Å². The predicted octanol–water partition coefficient (Wildman–Crippen LogP) is -0.778. The zero-order valence-corrected chi connectivity index (χ0v) is 22.2. The molecule has 1 fully saturated rings. The van der Waals surface area contributed by atoms with Crippen LogP contribution in [0.25, 0.3) is 0 Å². The van der Waals surface area contributed by atoms with E-state index in [1.807, 2.05) is 0 Å². The summed E-state index contributed by atoms with van der Waals surface area (Å²) >= 11 is 0.770. The first-order chi connectivity index (χ1) is 18.8. The molecule has 1 aromatic rings. The molecule has 0 aromatic carbocycles. The number of amidine groups is 1. The van der Waals surface area contributed by atoms with E-state index in [-0.39, 0.29) is 29.0 Å². The van der Waals surface area contributed by atoms with Gasteiger partial charge in [0.15, 0.2) is 5.13 Å². The van der Waals surface area contributed by atoms with Gasteiger partial charge < -0.3 is 36.7 Å². The summed E-state index contributed by atoms with van der Waals surface area (Å²) in [6.45, 7) is 2.57. The van der Waals surface area contributed by atoms with E-state index < -0.39 is 53.2 Å². The highest BCUT2D eigenvalue weighted by Crippen LogP contribution is 2.37. The topological polar surface area (TPSA) is 251 Å². The number of carboxylic acid groups (broad SMARTS) is 2. The highest BCUT2D eigenvalue weighted by molar-refractivity contribution is 7.09. The molecule has 0 bridgehead atoms. The molecule has 212 valence electrons. The molecule has 2 amide bonds. The molecule has 0 spiro atoms. The summed E-state index contributed by atoms with van der Waals surface area (Å²) in [7, 11) is 0. The maximum absolute atomic E-state index is 13.2. The van der Waals surface area contributed by atoms with Gasteiger partial charge in [-0.1, -0.05) is 17.3 Å². The highest BCUT2D eigenvalue weighted by atomic mass is 32.1. The van der Waals surface area contributed by atoms with Crippen molar-refractivity contribution in [1.29, 1.82) is 5.41 Å². The summed E-state index contributed by atoms with van der Waals surface area (Å²) in [5.74, 6) is -4.57. The Morgan fingerprint density at radius 2 is 2.05 bits per heavy atom. The molecule has 0 radical (unpaired) electrons. The van der Waals surface area contributed by atoms with Gasteiger partial charge in [0.2, 0.25) is 17.1 Å². The van der Waals surface area contributed by atoms with Gasteiger partial charge in [0.05, 0.1) is 6.04 Å². The molecule has 4 rings (SSSR count). The molecule has 40 heavy (non-hydrogen) atoms. The molecule has 16 nitrogen and oxygen atoms in total. The number of carboxylic acids is 2. The van der Waals surface area contributed by atoms with Gasteiger partial charge in [-0.25, -0.2) is 9.59 Å². The lowest BCUT2D eigenvalue weighted by atomic mass is 9.83. The standard InChI is InChI=1S/C23H27N9O7S/c1-23(2,21(37)38)39-29-14(17-28-22(26)40-30-17)18(33)27-13-11-7-6-10(15(20(35)36)32(11)19(13)34)9-31-8-4-3-5-12(31)16(24)25/h3-5,8,11-13H,6-7,9H2,1-2H3,(H3,24,25)(H,27,33)(H,35,36)(H,37,38)(H2,26,28,30)/b29-14-/t11?,12?,13-/m0/s1. The third kappa shape index (κ3) is 5.35. The van der Waals surface area contributed by atoms with Gasteiger partial charge in [0, 0.05) is 24.3 Å². The number of aliphatic carboxylic acids is 2. The van der Waals surface area contributed by atoms with Crippen molar-refractivity contribution < 1.29 is 34.2 Å². The molecule has 3 aliphatic heterocycles. The van der Waals surface area contributed by atoms with Gasteiger partial charge in [-0.05, 0) is 38.3 Å². The average molecular weight is 574 g/mol. The molecule has 1 saturated heterocycles. The first kappa shape index (κ1) is 28.2. The molecular weight excluding hydrogens is 546 g/mol. The first-order valence-electron chi connectivity index (χ1n) is 11.9. The Morgan fingerprint density at radius 1 is 1.32 bits per heavy atom. The molecular formula is C23H27N9O7S. The van der Waals surface area contributed by atoms with E-state index in [4.69, 9.17) is 21.7 Å². The van der Waals surface area contributed by atoms with Gasteiger partial charge >= 0.3 is 11.9 Å². The molecule has 3 aliphatic rings. The molecule has 4 heterocycles. The number of rotatable bonds is 10. The van der Waals surface area contributed by atoms with Gasteiger partial charge in [-0.15, -0.1) is 0 Å². The number of carbonyl (C=O) groups excluding carboxylic acids is 2. The smallest absolute Gasteiger partial charge is 0.352 e. The molecule has 1 aromatic heterocycles. The largest absolute Gasteiger partial charge is 0.478 e. The Hall–Kier alpha value is -4.80. The van der Waals surface area contributed by atoms with E-state index in [2.05, 4.69) is 19.8 Å². The van der Waals surface area contributed by atoms with Crippen LogP contribution in [0.5, 0.6) is 0 Å². The second-order valence-electron chi connectivity index (χ2n) is 9.62.